The summed E-state index contributed by atoms with van der Waals surface area (Å²) >= 11 is 0. The topological polar surface area (TPSA) is 51.8 Å². The molecular weight excluding hydrogens is 695 g/mol. The van der Waals surface area contributed by atoms with Crippen molar-refractivity contribution in [3.8, 4) is 67.5 Å². The van der Waals surface area contributed by atoms with E-state index in [-0.39, 0.29) is 0 Å². The average Bonchev–Trinajstić information content (AvgIpc) is 3.67. The van der Waals surface area contributed by atoms with Crippen molar-refractivity contribution in [1.82, 2.24) is 15.0 Å². The molecule has 0 aliphatic heterocycles. The van der Waals surface area contributed by atoms with E-state index >= 15 is 0 Å². The van der Waals surface area contributed by atoms with Gasteiger partial charge in [-0.15, -0.1) is 0 Å². The van der Waals surface area contributed by atoms with Crippen LogP contribution in [0.4, 0.5) is 0 Å². The molecule has 9 aromatic carbocycles. The molecule has 0 bridgehead atoms. The van der Waals surface area contributed by atoms with Gasteiger partial charge in [-0.2, -0.15) is 0 Å². The van der Waals surface area contributed by atoms with Gasteiger partial charge in [0.15, 0.2) is 17.5 Å². The van der Waals surface area contributed by atoms with Crippen LogP contribution in [0.1, 0.15) is 0 Å². The number of furan rings is 1. The predicted molar refractivity (Wildman–Crippen MR) is 235 cm³/mol. The Kier molecular flexibility index (Phi) is 7.78. The minimum Gasteiger partial charge on any atom is -0.456 e. The molecule has 2 aromatic heterocycles. The molecule has 0 unspecified atom stereocenters. The van der Waals surface area contributed by atoms with E-state index in [1.165, 1.54) is 27.3 Å². The molecule has 0 amide bonds. The minimum atomic E-state index is 0.609. The maximum atomic E-state index is 6.18. The van der Waals surface area contributed by atoms with Gasteiger partial charge in [0.2, 0.25) is 0 Å². The maximum Gasteiger partial charge on any atom is 0.164 e. The van der Waals surface area contributed by atoms with Crippen molar-refractivity contribution in [3.05, 3.63) is 200 Å². The smallest absolute Gasteiger partial charge is 0.164 e. The molecule has 0 saturated carbocycles. The fraction of sp³-hybridized carbons (Fsp3) is 0. The van der Waals surface area contributed by atoms with E-state index in [1.807, 2.05) is 12.1 Å². The van der Waals surface area contributed by atoms with Gasteiger partial charge in [0.05, 0.1) is 0 Å². The maximum absolute atomic E-state index is 6.18. The van der Waals surface area contributed by atoms with Crippen molar-refractivity contribution >= 4 is 43.5 Å². The van der Waals surface area contributed by atoms with Crippen LogP contribution in [0.5, 0.6) is 0 Å². The van der Waals surface area contributed by atoms with Crippen molar-refractivity contribution in [1.29, 1.82) is 0 Å². The number of hydrogen-bond acceptors (Lipinski definition) is 4. The molecule has 0 atom stereocenters. The number of fused-ring (bicyclic) bond motifs is 5. The molecule has 0 aliphatic rings. The highest BCUT2D eigenvalue weighted by molar-refractivity contribution is 6.07. The van der Waals surface area contributed by atoms with Crippen LogP contribution >= 0.6 is 0 Å². The summed E-state index contributed by atoms with van der Waals surface area (Å²) in [7, 11) is 0. The largest absolute Gasteiger partial charge is 0.456 e. The molecule has 0 fully saturated rings. The van der Waals surface area contributed by atoms with E-state index in [0.29, 0.717) is 17.5 Å². The van der Waals surface area contributed by atoms with Crippen molar-refractivity contribution < 1.29 is 4.42 Å². The lowest BCUT2D eigenvalue weighted by Crippen LogP contribution is -2.01. The summed E-state index contributed by atoms with van der Waals surface area (Å²) in [6, 6.07) is 70.1. The highest BCUT2D eigenvalue weighted by Crippen LogP contribution is 2.39. The predicted octanol–water partition coefficient (Wildman–Crippen LogP) is 14.1. The lowest BCUT2D eigenvalue weighted by Gasteiger charge is -2.14. The molecular formula is C53H33N3O. The van der Waals surface area contributed by atoms with Crippen molar-refractivity contribution in [2.75, 3.05) is 0 Å². The summed E-state index contributed by atoms with van der Waals surface area (Å²) in [5.74, 6) is 1.84. The first kappa shape index (κ1) is 32.7. The summed E-state index contributed by atoms with van der Waals surface area (Å²) in [5, 5.41) is 6.85. The van der Waals surface area contributed by atoms with Crippen LogP contribution in [0.25, 0.3) is 111 Å². The third-order valence-corrected chi connectivity index (χ3v) is 10.9. The van der Waals surface area contributed by atoms with Crippen LogP contribution in [0, 0.1) is 0 Å². The fourth-order valence-corrected chi connectivity index (χ4v) is 8.08. The highest BCUT2D eigenvalue weighted by Gasteiger charge is 2.18. The molecule has 11 rings (SSSR count). The van der Waals surface area contributed by atoms with Gasteiger partial charge < -0.3 is 4.42 Å². The van der Waals surface area contributed by atoms with Crippen LogP contribution in [0.2, 0.25) is 0 Å². The second-order valence-electron chi connectivity index (χ2n) is 14.4. The quantitative estimate of drug-likeness (QED) is 0.171. The van der Waals surface area contributed by atoms with Crippen molar-refractivity contribution in [3.63, 3.8) is 0 Å². The van der Waals surface area contributed by atoms with E-state index < -0.39 is 0 Å². The molecule has 0 aliphatic carbocycles. The van der Waals surface area contributed by atoms with E-state index in [1.54, 1.807) is 0 Å². The van der Waals surface area contributed by atoms with Crippen molar-refractivity contribution in [2.45, 2.75) is 0 Å². The summed E-state index contributed by atoms with van der Waals surface area (Å²) in [6.45, 7) is 0. The summed E-state index contributed by atoms with van der Waals surface area (Å²) in [6.07, 6.45) is 0. The lowest BCUT2D eigenvalue weighted by molar-refractivity contribution is 0.669. The monoisotopic (exact) mass is 727 g/mol. The van der Waals surface area contributed by atoms with Gasteiger partial charge in [-0.1, -0.05) is 158 Å². The van der Waals surface area contributed by atoms with Gasteiger partial charge in [0.25, 0.3) is 0 Å². The van der Waals surface area contributed by atoms with E-state index in [2.05, 4.69) is 188 Å². The Morgan fingerprint density at radius 1 is 0.263 bits per heavy atom. The second kappa shape index (κ2) is 13.6. The third kappa shape index (κ3) is 5.92. The fourth-order valence-electron chi connectivity index (χ4n) is 8.08. The molecule has 0 N–H and O–H groups in total. The number of nitrogens with zero attached hydrogens (tertiary/aromatic N) is 3. The van der Waals surface area contributed by atoms with Crippen LogP contribution in [-0.2, 0) is 0 Å². The summed E-state index contributed by atoms with van der Waals surface area (Å²) in [5.41, 5.74) is 11.2. The molecule has 266 valence electrons. The SMILES string of the molecule is c1ccc(-c2cc(-c3cccc(-c4nc(-c5ccc6ccccc6c5)nc(-c5ccccc5-c5ccc6oc7ccccc7c6c5)n4)c3)c3ccccc3c2)cc1. The first-order chi connectivity index (χ1) is 28.2. The van der Waals surface area contributed by atoms with Gasteiger partial charge in [-0.05, 0) is 97.4 Å². The molecule has 57 heavy (non-hydrogen) atoms. The standard InChI is InChI=1S/C53H33N3O/c1-2-13-34(14-3-1)42-31-37-17-6-7-21-44(37)47(33-42)38-18-12-19-40(30-38)51-54-52(41-26-25-35-15-4-5-16-36(35)29-41)56-53(55-51)46-23-9-8-20-43(46)39-27-28-50-48(32-39)45-22-10-11-24-49(45)57-50/h1-33H. The Balaban J connectivity index is 1.10. The molecule has 4 nitrogen and oxygen atoms in total. The van der Waals surface area contributed by atoms with Gasteiger partial charge in [0.1, 0.15) is 11.2 Å². The molecule has 2 heterocycles. The van der Waals surface area contributed by atoms with E-state index in [9.17, 15) is 0 Å². The van der Waals surface area contributed by atoms with Crippen molar-refractivity contribution in [2.24, 2.45) is 0 Å². The van der Waals surface area contributed by atoms with Crippen LogP contribution in [-0.4, -0.2) is 15.0 Å². The van der Waals surface area contributed by atoms with Crippen LogP contribution in [0.3, 0.4) is 0 Å². The van der Waals surface area contributed by atoms with E-state index in [4.69, 9.17) is 19.4 Å². The number of para-hydroxylation sites is 1. The number of hydrogen-bond donors (Lipinski definition) is 0. The Hall–Kier alpha value is -7.69. The third-order valence-electron chi connectivity index (χ3n) is 10.9. The highest BCUT2D eigenvalue weighted by atomic mass is 16.3. The lowest BCUT2D eigenvalue weighted by atomic mass is 9.92. The summed E-state index contributed by atoms with van der Waals surface area (Å²) < 4.78 is 6.18. The zero-order chi connectivity index (χ0) is 37.7. The first-order valence-corrected chi connectivity index (χ1v) is 19.2. The van der Waals surface area contributed by atoms with Crippen LogP contribution in [0.15, 0.2) is 205 Å². The summed E-state index contributed by atoms with van der Waals surface area (Å²) in [4.78, 5) is 15.7. The van der Waals surface area contributed by atoms with Gasteiger partial charge in [0, 0.05) is 27.5 Å². The zero-order valence-corrected chi connectivity index (χ0v) is 30.8. The van der Waals surface area contributed by atoms with Crippen LogP contribution < -0.4 is 0 Å². The molecule has 0 saturated heterocycles. The first-order valence-electron chi connectivity index (χ1n) is 19.2. The Bertz CT molecular complexity index is 3310. The molecule has 4 heteroatoms. The van der Waals surface area contributed by atoms with E-state index in [0.717, 1.165) is 66.3 Å². The Morgan fingerprint density at radius 2 is 0.842 bits per heavy atom. The number of benzene rings is 9. The normalized spacial score (nSPS) is 11.5. The van der Waals surface area contributed by atoms with Gasteiger partial charge >= 0.3 is 0 Å². The Labute approximate surface area is 329 Å². The number of rotatable bonds is 6. The molecule has 0 radical (unpaired) electrons. The van der Waals surface area contributed by atoms with Gasteiger partial charge in [-0.25, -0.2) is 15.0 Å². The minimum absolute atomic E-state index is 0.609. The number of aromatic nitrogens is 3. The molecule has 11 aromatic rings. The molecule has 0 spiro atoms. The second-order valence-corrected chi connectivity index (χ2v) is 14.4. The average molecular weight is 728 g/mol. The zero-order valence-electron chi connectivity index (χ0n) is 30.8. The Morgan fingerprint density at radius 3 is 1.70 bits per heavy atom. The van der Waals surface area contributed by atoms with Gasteiger partial charge in [-0.3, -0.25) is 0 Å².